The van der Waals surface area contributed by atoms with Crippen LogP contribution >= 0.6 is 11.3 Å². The molecule has 1 aromatic heterocycles. The summed E-state index contributed by atoms with van der Waals surface area (Å²) in [6.45, 7) is 8.25. The van der Waals surface area contributed by atoms with Gasteiger partial charge in [0.05, 0.1) is 0 Å². The van der Waals surface area contributed by atoms with Gasteiger partial charge in [0, 0.05) is 5.92 Å². The Labute approximate surface area is 165 Å². The molecule has 146 valence electrons. The van der Waals surface area contributed by atoms with Crippen molar-refractivity contribution in [1.29, 1.82) is 0 Å². The van der Waals surface area contributed by atoms with E-state index < -0.39 is 6.10 Å². The van der Waals surface area contributed by atoms with Gasteiger partial charge in [-0.3, -0.25) is 10.1 Å². The Balaban J connectivity index is 1.55. The second-order valence-electron chi connectivity index (χ2n) is 8.30. The first-order valence-electron chi connectivity index (χ1n) is 9.74. The Kier molecular flexibility index (Phi) is 6.15. The predicted molar refractivity (Wildman–Crippen MR) is 110 cm³/mol. The molecule has 0 saturated heterocycles. The fraction of sp³-hybridized carbons (Fsp3) is 0.571. The standard InChI is InChI=1S/C21H29N3O2S/c1-14(26-17-12-10-16(11-13-17)21(2,3)4)18(25)22-20-24-23-19(27-20)15-8-6-5-7-9-15/h10-15H,5-9H2,1-4H3,(H,22,24,25). The molecular formula is C21H29N3O2S. The fourth-order valence-electron chi connectivity index (χ4n) is 3.30. The van der Waals surface area contributed by atoms with E-state index in [9.17, 15) is 4.79 Å². The molecule has 1 amide bonds. The zero-order chi connectivity index (χ0) is 19.4. The van der Waals surface area contributed by atoms with Crippen molar-refractivity contribution in [2.75, 3.05) is 5.32 Å². The summed E-state index contributed by atoms with van der Waals surface area (Å²) in [5.74, 6) is 0.976. The van der Waals surface area contributed by atoms with Crippen LogP contribution in [-0.4, -0.2) is 22.2 Å². The molecule has 1 aliphatic carbocycles. The third-order valence-electron chi connectivity index (χ3n) is 5.03. The lowest BCUT2D eigenvalue weighted by atomic mass is 9.87. The highest BCUT2D eigenvalue weighted by atomic mass is 32.1. The largest absolute Gasteiger partial charge is 0.481 e. The van der Waals surface area contributed by atoms with Crippen LogP contribution < -0.4 is 10.1 Å². The maximum Gasteiger partial charge on any atom is 0.266 e. The molecule has 0 aliphatic heterocycles. The van der Waals surface area contributed by atoms with E-state index in [4.69, 9.17) is 4.74 Å². The van der Waals surface area contributed by atoms with Gasteiger partial charge in [0.15, 0.2) is 6.10 Å². The average Bonchev–Trinajstić information content (AvgIpc) is 3.10. The Morgan fingerprint density at radius 2 is 1.81 bits per heavy atom. The van der Waals surface area contributed by atoms with Crippen LogP contribution in [0, 0.1) is 0 Å². The van der Waals surface area contributed by atoms with Gasteiger partial charge in [0.25, 0.3) is 5.91 Å². The predicted octanol–water partition coefficient (Wildman–Crippen LogP) is 5.29. The number of rotatable bonds is 5. The van der Waals surface area contributed by atoms with Gasteiger partial charge < -0.3 is 4.74 Å². The Morgan fingerprint density at radius 3 is 2.44 bits per heavy atom. The number of carbonyl (C=O) groups excluding carboxylic acids is 1. The number of benzene rings is 1. The highest BCUT2D eigenvalue weighted by molar-refractivity contribution is 7.15. The van der Waals surface area contributed by atoms with Gasteiger partial charge >= 0.3 is 0 Å². The van der Waals surface area contributed by atoms with Gasteiger partial charge in [-0.1, -0.05) is 63.5 Å². The average molecular weight is 388 g/mol. The van der Waals surface area contributed by atoms with Crippen molar-refractivity contribution in [3.8, 4) is 5.75 Å². The second kappa shape index (κ2) is 8.38. The van der Waals surface area contributed by atoms with Gasteiger partial charge in [-0.2, -0.15) is 0 Å². The van der Waals surface area contributed by atoms with Crippen molar-refractivity contribution in [2.45, 2.75) is 77.2 Å². The summed E-state index contributed by atoms with van der Waals surface area (Å²) in [4.78, 5) is 12.4. The lowest BCUT2D eigenvalue weighted by Gasteiger charge is -2.20. The summed E-state index contributed by atoms with van der Waals surface area (Å²) >= 11 is 1.49. The number of nitrogens with one attached hydrogen (secondary N) is 1. The molecular weight excluding hydrogens is 358 g/mol. The molecule has 1 heterocycles. The minimum Gasteiger partial charge on any atom is -0.481 e. The molecule has 0 radical (unpaired) electrons. The van der Waals surface area contributed by atoms with E-state index in [0.717, 1.165) is 5.01 Å². The molecule has 1 N–H and O–H groups in total. The van der Waals surface area contributed by atoms with Crippen molar-refractivity contribution >= 4 is 22.4 Å². The van der Waals surface area contributed by atoms with Crippen LogP contribution in [0.25, 0.3) is 0 Å². The van der Waals surface area contributed by atoms with Crippen LogP contribution in [0.3, 0.4) is 0 Å². The number of anilines is 1. The van der Waals surface area contributed by atoms with E-state index in [1.54, 1.807) is 6.92 Å². The number of hydrogen-bond acceptors (Lipinski definition) is 5. The highest BCUT2D eigenvalue weighted by Crippen LogP contribution is 2.35. The second-order valence-corrected chi connectivity index (χ2v) is 9.31. The van der Waals surface area contributed by atoms with Crippen LogP contribution in [0.4, 0.5) is 5.13 Å². The summed E-state index contributed by atoms with van der Waals surface area (Å²) < 4.78 is 5.78. The van der Waals surface area contributed by atoms with Crippen molar-refractivity contribution in [2.24, 2.45) is 0 Å². The van der Waals surface area contributed by atoms with E-state index >= 15 is 0 Å². The van der Waals surface area contributed by atoms with E-state index in [2.05, 4.69) is 36.3 Å². The van der Waals surface area contributed by atoms with Crippen molar-refractivity contribution in [1.82, 2.24) is 10.2 Å². The van der Waals surface area contributed by atoms with Crippen molar-refractivity contribution in [3.05, 3.63) is 34.8 Å². The lowest BCUT2D eigenvalue weighted by Crippen LogP contribution is -2.30. The number of amides is 1. The number of carbonyl (C=O) groups is 1. The molecule has 0 bridgehead atoms. The Hall–Kier alpha value is -1.95. The maximum absolute atomic E-state index is 12.4. The monoisotopic (exact) mass is 387 g/mol. The molecule has 5 nitrogen and oxygen atoms in total. The zero-order valence-electron chi connectivity index (χ0n) is 16.6. The molecule has 0 spiro atoms. The molecule has 2 aromatic rings. The van der Waals surface area contributed by atoms with Gasteiger partial charge in [0.1, 0.15) is 10.8 Å². The van der Waals surface area contributed by atoms with Crippen LogP contribution in [0.2, 0.25) is 0 Å². The summed E-state index contributed by atoms with van der Waals surface area (Å²) in [7, 11) is 0. The molecule has 3 rings (SSSR count). The third-order valence-corrected chi connectivity index (χ3v) is 6.03. The van der Waals surface area contributed by atoms with Gasteiger partial charge in [-0.05, 0) is 42.9 Å². The zero-order valence-corrected chi connectivity index (χ0v) is 17.4. The molecule has 1 fully saturated rings. The smallest absolute Gasteiger partial charge is 0.266 e. The third kappa shape index (κ3) is 5.28. The minimum atomic E-state index is -0.604. The van der Waals surface area contributed by atoms with Crippen LogP contribution in [0.5, 0.6) is 5.75 Å². The van der Waals surface area contributed by atoms with Crippen molar-refractivity contribution in [3.63, 3.8) is 0 Å². The number of ether oxygens (including phenoxy) is 1. The Morgan fingerprint density at radius 1 is 1.15 bits per heavy atom. The quantitative estimate of drug-likeness (QED) is 0.757. The molecule has 27 heavy (non-hydrogen) atoms. The SMILES string of the molecule is CC(Oc1ccc(C(C)(C)C)cc1)C(=O)Nc1nnc(C2CCCCC2)s1. The van der Waals surface area contributed by atoms with Crippen LogP contribution in [-0.2, 0) is 10.2 Å². The first-order valence-corrected chi connectivity index (χ1v) is 10.6. The minimum absolute atomic E-state index is 0.0927. The highest BCUT2D eigenvalue weighted by Gasteiger charge is 2.22. The number of nitrogens with zero attached hydrogens (tertiary/aromatic N) is 2. The summed E-state index contributed by atoms with van der Waals surface area (Å²) in [6, 6.07) is 7.91. The molecule has 6 heteroatoms. The normalized spacial score (nSPS) is 16.7. The van der Waals surface area contributed by atoms with Gasteiger partial charge in [-0.15, -0.1) is 10.2 Å². The first kappa shape index (κ1) is 19.8. The van der Waals surface area contributed by atoms with E-state index in [1.807, 2.05) is 24.3 Å². The first-order chi connectivity index (χ1) is 12.8. The molecule has 1 aliphatic rings. The Bertz CT molecular complexity index is 758. The van der Waals surface area contributed by atoms with Gasteiger partial charge in [0.2, 0.25) is 5.13 Å². The molecule has 1 aromatic carbocycles. The number of aromatic nitrogens is 2. The van der Waals surface area contributed by atoms with Crippen molar-refractivity contribution < 1.29 is 9.53 Å². The fourth-order valence-corrected chi connectivity index (χ4v) is 4.21. The van der Waals surface area contributed by atoms with E-state index in [-0.39, 0.29) is 11.3 Å². The molecule has 1 unspecified atom stereocenters. The maximum atomic E-state index is 12.4. The summed E-state index contributed by atoms with van der Waals surface area (Å²) in [6.07, 6.45) is 5.56. The lowest BCUT2D eigenvalue weighted by molar-refractivity contribution is -0.122. The van der Waals surface area contributed by atoms with Crippen LogP contribution in [0.1, 0.15) is 76.3 Å². The molecule has 1 saturated carbocycles. The van der Waals surface area contributed by atoms with E-state index in [0.29, 0.717) is 16.8 Å². The summed E-state index contributed by atoms with van der Waals surface area (Å²) in [5, 5.41) is 12.9. The molecule has 1 atom stereocenters. The topological polar surface area (TPSA) is 64.1 Å². The van der Waals surface area contributed by atoms with Crippen LogP contribution in [0.15, 0.2) is 24.3 Å². The number of hydrogen-bond donors (Lipinski definition) is 1. The summed E-state index contributed by atoms with van der Waals surface area (Å²) in [5.41, 5.74) is 1.33. The van der Waals surface area contributed by atoms with E-state index in [1.165, 1.54) is 49.0 Å². The van der Waals surface area contributed by atoms with Gasteiger partial charge in [-0.25, -0.2) is 0 Å².